The van der Waals surface area contributed by atoms with Gasteiger partial charge in [0, 0.05) is 38.3 Å². The van der Waals surface area contributed by atoms with Crippen LogP contribution >= 0.6 is 11.3 Å². The first-order valence-electron chi connectivity index (χ1n) is 8.60. The standard InChI is InChI=1S/C18H22N4O2S/c1-13-4-20-17(5-19-13)18(23)22-8-15-7-21(6-14-2-3-25-12-14)9-16(22)11-24-10-15/h2-5,12,15-16H,6-11H2,1H3/t15-,16-/m0/s1. The van der Waals surface area contributed by atoms with E-state index < -0.39 is 0 Å². The molecule has 0 unspecified atom stereocenters. The van der Waals surface area contributed by atoms with Crippen LogP contribution in [-0.2, 0) is 11.3 Å². The topological polar surface area (TPSA) is 58.6 Å². The molecule has 7 heteroatoms. The van der Waals surface area contributed by atoms with E-state index in [0.29, 0.717) is 24.8 Å². The van der Waals surface area contributed by atoms with Crippen LogP contribution < -0.4 is 0 Å². The molecule has 0 aromatic carbocycles. The van der Waals surface area contributed by atoms with E-state index in [4.69, 9.17) is 4.74 Å². The average Bonchev–Trinajstić information content (AvgIpc) is 2.94. The number of thiophene rings is 1. The summed E-state index contributed by atoms with van der Waals surface area (Å²) in [5.41, 5.74) is 2.58. The van der Waals surface area contributed by atoms with Crippen LogP contribution in [0.1, 0.15) is 21.7 Å². The van der Waals surface area contributed by atoms with E-state index in [1.165, 1.54) is 5.56 Å². The van der Waals surface area contributed by atoms with Crippen LogP contribution in [0, 0.1) is 12.8 Å². The van der Waals surface area contributed by atoms with Gasteiger partial charge in [-0.15, -0.1) is 0 Å². The Bertz CT molecular complexity index is 719. The molecule has 1 amide bonds. The summed E-state index contributed by atoms with van der Waals surface area (Å²) in [5, 5.41) is 4.31. The highest BCUT2D eigenvalue weighted by atomic mass is 32.1. The van der Waals surface area contributed by atoms with E-state index in [-0.39, 0.29) is 11.9 Å². The second-order valence-corrected chi connectivity index (χ2v) is 7.66. The summed E-state index contributed by atoms with van der Waals surface area (Å²) in [7, 11) is 0. The third-order valence-corrected chi connectivity index (χ3v) is 5.52. The number of carbonyl (C=O) groups excluding carboxylic acids is 1. The Morgan fingerprint density at radius 2 is 2.20 bits per heavy atom. The van der Waals surface area contributed by atoms with Crippen molar-refractivity contribution < 1.29 is 9.53 Å². The number of fused-ring (bicyclic) bond motifs is 3. The van der Waals surface area contributed by atoms with Gasteiger partial charge >= 0.3 is 0 Å². The van der Waals surface area contributed by atoms with Crippen molar-refractivity contribution in [2.24, 2.45) is 5.92 Å². The van der Waals surface area contributed by atoms with Crippen LogP contribution in [0.15, 0.2) is 29.2 Å². The van der Waals surface area contributed by atoms with Crippen LogP contribution in [0.3, 0.4) is 0 Å². The lowest BCUT2D eigenvalue weighted by molar-refractivity contribution is 0.0421. The van der Waals surface area contributed by atoms with E-state index in [9.17, 15) is 4.79 Å². The van der Waals surface area contributed by atoms with E-state index in [1.807, 2.05) is 11.8 Å². The number of carbonyl (C=O) groups is 1. The molecule has 2 bridgehead atoms. The predicted molar refractivity (Wildman–Crippen MR) is 95.5 cm³/mol. The quantitative estimate of drug-likeness (QED) is 0.838. The molecule has 6 nitrogen and oxygen atoms in total. The van der Waals surface area contributed by atoms with Crippen molar-refractivity contribution in [1.29, 1.82) is 0 Å². The predicted octanol–water partition coefficient (Wildman–Crippen LogP) is 1.82. The van der Waals surface area contributed by atoms with Gasteiger partial charge in [0.25, 0.3) is 5.91 Å². The molecule has 2 aliphatic heterocycles. The highest BCUT2D eigenvalue weighted by Crippen LogP contribution is 2.23. The van der Waals surface area contributed by atoms with E-state index in [1.54, 1.807) is 23.7 Å². The van der Waals surface area contributed by atoms with E-state index in [0.717, 1.165) is 31.9 Å². The third-order valence-electron chi connectivity index (χ3n) is 4.79. The first-order valence-corrected chi connectivity index (χ1v) is 9.54. The number of aryl methyl sites for hydroxylation is 1. The smallest absolute Gasteiger partial charge is 0.274 e. The van der Waals surface area contributed by atoms with Crippen molar-refractivity contribution in [2.75, 3.05) is 32.8 Å². The second-order valence-electron chi connectivity index (χ2n) is 6.88. The molecule has 2 aromatic rings. The van der Waals surface area contributed by atoms with Gasteiger partial charge in [-0.1, -0.05) is 0 Å². The number of rotatable bonds is 3. The Kier molecular flexibility index (Phi) is 4.78. The molecule has 2 fully saturated rings. The maximum atomic E-state index is 13.0. The molecule has 2 aliphatic rings. The lowest BCUT2D eigenvalue weighted by Crippen LogP contribution is -2.46. The molecule has 0 spiro atoms. The number of hydrogen-bond donors (Lipinski definition) is 0. The largest absolute Gasteiger partial charge is 0.379 e. The van der Waals surface area contributed by atoms with Gasteiger partial charge in [-0.2, -0.15) is 11.3 Å². The van der Waals surface area contributed by atoms with Gasteiger partial charge in [0.2, 0.25) is 0 Å². The Balaban J connectivity index is 1.53. The summed E-state index contributed by atoms with van der Waals surface area (Å²) in [5.74, 6) is 0.291. The van der Waals surface area contributed by atoms with Gasteiger partial charge in [0.05, 0.1) is 31.1 Å². The average molecular weight is 358 g/mol. The highest BCUT2D eigenvalue weighted by Gasteiger charge is 2.36. The van der Waals surface area contributed by atoms with Crippen LogP contribution in [0.5, 0.6) is 0 Å². The fraction of sp³-hybridized carbons (Fsp3) is 0.500. The summed E-state index contributed by atoms with van der Waals surface area (Å²) < 4.78 is 5.83. The SMILES string of the molecule is Cc1cnc(C(=O)N2C[C@H]3COC[C@@H]2CN(Cc2ccsc2)C3)cn1. The van der Waals surface area contributed by atoms with Gasteiger partial charge in [0.1, 0.15) is 5.69 Å². The second kappa shape index (κ2) is 7.19. The monoisotopic (exact) mass is 358 g/mol. The van der Waals surface area contributed by atoms with Crippen molar-refractivity contribution in [3.63, 3.8) is 0 Å². The van der Waals surface area contributed by atoms with Crippen molar-refractivity contribution in [1.82, 2.24) is 19.8 Å². The lowest BCUT2D eigenvalue weighted by atomic mass is 10.1. The molecular weight excluding hydrogens is 336 g/mol. The maximum Gasteiger partial charge on any atom is 0.274 e. The molecule has 132 valence electrons. The Morgan fingerprint density at radius 1 is 1.28 bits per heavy atom. The number of hydrogen-bond acceptors (Lipinski definition) is 6. The maximum absolute atomic E-state index is 13.0. The zero-order valence-corrected chi connectivity index (χ0v) is 15.1. The van der Waals surface area contributed by atoms with Crippen molar-refractivity contribution in [2.45, 2.75) is 19.5 Å². The number of aromatic nitrogens is 2. The minimum Gasteiger partial charge on any atom is -0.379 e. The van der Waals surface area contributed by atoms with Crippen LogP contribution in [0.4, 0.5) is 0 Å². The number of amides is 1. The Hall–Kier alpha value is -1.83. The summed E-state index contributed by atoms with van der Waals surface area (Å²) in [6.07, 6.45) is 3.23. The Labute approximate surface area is 151 Å². The molecule has 0 radical (unpaired) electrons. The Morgan fingerprint density at radius 3 is 2.96 bits per heavy atom. The third kappa shape index (κ3) is 3.73. The molecule has 4 rings (SSSR count). The number of nitrogens with zero attached hydrogens (tertiary/aromatic N) is 4. The fourth-order valence-corrected chi connectivity index (χ4v) is 4.27. The molecule has 2 saturated heterocycles. The van der Waals surface area contributed by atoms with Gasteiger partial charge in [-0.3, -0.25) is 14.7 Å². The zero-order chi connectivity index (χ0) is 17.2. The van der Waals surface area contributed by atoms with E-state index in [2.05, 4.69) is 31.7 Å². The first kappa shape index (κ1) is 16.6. The van der Waals surface area contributed by atoms with Crippen LogP contribution in [0.2, 0.25) is 0 Å². The molecule has 2 atom stereocenters. The van der Waals surface area contributed by atoms with Gasteiger partial charge in [-0.25, -0.2) is 4.98 Å². The molecule has 2 aromatic heterocycles. The molecular formula is C18H22N4O2S. The molecule has 25 heavy (non-hydrogen) atoms. The summed E-state index contributed by atoms with van der Waals surface area (Å²) in [4.78, 5) is 25.9. The molecule has 0 N–H and O–H groups in total. The first-order chi connectivity index (χ1) is 12.2. The summed E-state index contributed by atoms with van der Waals surface area (Å²) >= 11 is 1.73. The highest BCUT2D eigenvalue weighted by molar-refractivity contribution is 7.07. The van der Waals surface area contributed by atoms with Crippen LogP contribution in [0.25, 0.3) is 0 Å². The lowest BCUT2D eigenvalue weighted by Gasteiger charge is -2.31. The molecule has 0 aliphatic carbocycles. The minimum absolute atomic E-state index is 0.0367. The van der Waals surface area contributed by atoms with Crippen molar-refractivity contribution in [3.05, 3.63) is 46.2 Å². The molecule has 0 saturated carbocycles. The van der Waals surface area contributed by atoms with Gasteiger partial charge in [0.15, 0.2) is 0 Å². The summed E-state index contributed by atoms with van der Waals surface area (Å²) in [6.45, 7) is 6.60. The van der Waals surface area contributed by atoms with Crippen molar-refractivity contribution >= 4 is 17.2 Å². The normalized spacial score (nSPS) is 24.1. The van der Waals surface area contributed by atoms with Crippen molar-refractivity contribution in [3.8, 4) is 0 Å². The van der Waals surface area contributed by atoms with E-state index >= 15 is 0 Å². The zero-order valence-electron chi connectivity index (χ0n) is 14.3. The van der Waals surface area contributed by atoms with Crippen LogP contribution in [-0.4, -0.2) is 64.6 Å². The minimum atomic E-state index is -0.0367. The molecule has 4 heterocycles. The van der Waals surface area contributed by atoms with Gasteiger partial charge in [-0.05, 0) is 29.3 Å². The fourth-order valence-electron chi connectivity index (χ4n) is 3.61. The number of ether oxygens (including phenoxy) is 1. The summed E-state index contributed by atoms with van der Waals surface area (Å²) in [6, 6.07) is 2.23. The van der Waals surface area contributed by atoms with Gasteiger partial charge < -0.3 is 9.64 Å².